The Morgan fingerprint density at radius 3 is 2.47 bits per heavy atom. The molecule has 2 atom stereocenters. The predicted molar refractivity (Wildman–Crippen MR) is 128 cm³/mol. The van der Waals surface area contributed by atoms with Gasteiger partial charge in [-0.25, -0.2) is 18.1 Å². The predicted octanol–water partition coefficient (Wildman–Crippen LogP) is 3.88. The molecule has 1 saturated carbocycles. The highest BCUT2D eigenvalue weighted by atomic mass is 32.2. The summed E-state index contributed by atoms with van der Waals surface area (Å²) in [7, 11) is -3.27. The SMILES string of the molecule is Cc1ccc(N2CC[C@H](NS(C)(=O)=O)[C@H](COC3CCC(c4ccccc4)CC3)C2)nc1. The van der Waals surface area contributed by atoms with E-state index < -0.39 is 10.0 Å². The molecular weight excluding hydrogens is 422 g/mol. The summed E-state index contributed by atoms with van der Waals surface area (Å²) in [6.07, 6.45) is 8.52. The molecule has 6 nitrogen and oxygen atoms in total. The van der Waals surface area contributed by atoms with Gasteiger partial charge >= 0.3 is 0 Å². The van der Waals surface area contributed by atoms with Gasteiger partial charge in [-0.2, -0.15) is 0 Å². The average Bonchev–Trinajstić information content (AvgIpc) is 2.79. The molecule has 4 rings (SSSR count). The van der Waals surface area contributed by atoms with E-state index in [0.29, 0.717) is 12.5 Å². The Hall–Kier alpha value is -1.96. The number of nitrogens with zero attached hydrogens (tertiary/aromatic N) is 2. The first-order chi connectivity index (χ1) is 15.4. The van der Waals surface area contributed by atoms with Crippen molar-refractivity contribution in [3.63, 3.8) is 0 Å². The van der Waals surface area contributed by atoms with Gasteiger partial charge < -0.3 is 9.64 Å². The normalized spacial score (nSPS) is 26.8. The molecule has 1 aromatic heterocycles. The van der Waals surface area contributed by atoms with Gasteiger partial charge in [0.1, 0.15) is 5.82 Å². The Morgan fingerprint density at radius 1 is 1.06 bits per heavy atom. The molecule has 0 unspecified atom stereocenters. The monoisotopic (exact) mass is 457 g/mol. The van der Waals surface area contributed by atoms with Crippen molar-refractivity contribution in [1.82, 2.24) is 9.71 Å². The fourth-order valence-corrected chi connectivity index (χ4v) is 5.89. The first kappa shape index (κ1) is 23.2. The van der Waals surface area contributed by atoms with Crippen LogP contribution in [0.5, 0.6) is 0 Å². The maximum atomic E-state index is 11.9. The number of aryl methyl sites for hydroxylation is 1. The zero-order valence-electron chi connectivity index (χ0n) is 19.1. The number of piperidine rings is 1. The van der Waals surface area contributed by atoms with Crippen LogP contribution in [0.25, 0.3) is 0 Å². The van der Waals surface area contributed by atoms with E-state index in [1.165, 1.54) is 11.8 Å². The molecule has 1 aliphatic carbocycles. The largest absolute Gasteiger partial charge is 0.378 e. The topological polar surface area (TPSA) is 71.5 Å². The second-order valence-corrected chi connectivity index (χ2v) is 11.2. The zero-order valence-corrected chi connectivity index (χ0v) is 19.9. The summed E-state index contributed by atoms with van der Waals surface area (Å²) in [5.41, 5.74) is 2.56. The molecule has 32 heavy (non-hydrogen) atoms. The van der Waals surface area contributed by atoms with E-state index in [9.17, 15) is 8.42 Å². The third kappa shape index (κ3) is 6.30. The quantitative estimate of drug-likeness (QED) is 0.683. The lowest BCUT2D eigenvalue weighted by molar-refractivity contribution is -0.00213. The minimum Gasteiger partial charge on any atom is -0.378 e. The number of pyridine rings is 1. The lowest BCUT2D eigenvalue weighted by atomic mass is 9.82. The Labute approximate surface area is 192 Å². The molecule has 2 heterocycles. The molecule has 1 aliphatic heterocycles. The van der Waals surface area contributed by atoms with Crippen LogP contribution in [0.3, 0.4) is 0 Å². The zero-order chi connectivity index (χ0) is 22.6. The first-order valence-corrected chi connectivity index (χ1v) is 13.6. The van der Waals surface area contributed by atoms with E-state index in [4.69, 9.17) is 4.74 Å². The molecule has 2 aliphatic rings. The lowest BCUT2D eigenvalue weighted by Crippen LogP contribution is -2.52. The van der Waals surface area contributed by atoms with Crippen molar-refractivity contribution in [2.75, 3.05) is 30.9 Å². The number of nitrogens with one attached hydrogen (secondary N) is 1. The van der Waals surface area contributed by atoms with Gasteiger partial charge in [0.2, 0.25) is 10.0 Å². The molecule has 174 valence electrons. The van der Waals surface area contributed by atoms with E-state index >= 15 is 0 Å². The van der Waals surface area contributed by atoms with Crippen molar-refractivity contribution in [3.05, 3.63) is 59.8 Å². The van der Waals surface area contributed by atoms with Gasteiger partial charge in [-0.3, -0.25) is 0 Å². The second-order valence-electron chi connectivity index (χ2n) is 9.40. The number of ether oxygens (including phenoxy) is 1. The van der Waals surface area contributed by atoms with Crippen molar-refractivity contribution in [2.45, 2.75) is 57.1 Å². The standard InChI is InChI=1S/C25H35N3O3S/c1-19-8-13-25(26-16-19)28-15-14-24(27-32(2,29)30)22(17-28)18-31-23-11-9-21(10-12-23)20-6-4-3-5-7-20/h3-8,13,16,21-24,27H,9-12,14-15,17-18H2,1-2H3/t21?,22-,23?,24-/m0/s1. The highest BCUT2D eigenvalue weighted by Gasteiger charge is 2.33. The van der Waals surface area contributed by atoms with Crippen LogP contribution in [-0.2, 0) is 14.8 Å². The van der Waals surface area contributed by atoms with Crippen LogP contribution in [0.15, 0.2) is 48.7 Å². The Bertz CT molecular complexity index is 958. The number of rotatable bonds is 7. The molecular formula is C25H35N3O3S. The van der Waals surface area contributed by atoms with Crippen molar-refractivity contribution in [1.29, 1.82) is 0 Å². The number of hydrogen-bond donors (Lipinski definition) is 1. The maximum Gasteiger partial charge on any atom is 0.208 e. The van der Waals surface area contributed by atoms with Gasteiger partial charge in [0, 0.05) is 31.2 Å². The maximum absolute atomic E-state index is 11.9. The third-order valence-corrected chi connectivity index (χ3v) is 7.54. The van der Waals surface area contributed by atoms with Crippen LogP contribution < -0.4 is 9.62 Å². The van der Waals surface area contributed by atoms with Crippen molar-refractivity contribution >= 4 is 15.8 Å². The molecule has 2 fully saturated rings. The molecule has 0 amide bonds. The number of benzene rings is 1. The molecule has 2 aromatic rings. The van der Waals surface area contributed by atoms with E-state index in [1.807, 2.05) is 19.2 Å². The Morgan fingerprint density at radius 2 is 1.81 bits per heavy atom. The molecule has 7 heteroatoms. The molecule has 0 spiro atoms. The van der Waals surface area contributed by atoms with E-state index in [-0.39, 0.29) is 18.1 Å². The van der Waals surface area contributed by atoms with Gasteiger partial charge in [-0.05, 0) is 62.1 Å². The fourth-order valence-electron chi connectivity index (χ4n) is 5.03. The second kappa shape index (κ2) is 10.3. The van der Waals surface area contributed by atoms with Crippen molar-refractivity contribution in [3.8, 4) is 0 Å². The fraction of sp³-hybridized carbons (Fsp3) is 0.560. The smallest absolute Gasteiger partial charge is 0.208 e. The Balaban J connectivity index is 1.35. The number of anilines is 1. The molecule has 0 radical (unpaired) electrons. The van der Waals surface area contributed by atoms with Crippen LogP contribution >= 0.6 is 0 Å². The van der Waals surface area contributed by atoms with Crippen LogP contribution in [0.1, 0.15) is 49.1 Å². The summed E-state index contributed by atoms with van der Waals surface area (Å²) < 4.78 is 33.1. The number of hydrogen-bond acceptors (Lipinski definition) is 5. The molecule has 1 aromatic carbocycles. The number of aromatic nitrogens is 1. The van der Waals surface area contributed by atoms with Crippen LogP contribution in [0, 0.1) is 12.8 Å². The lowest BCUT2D eigenvalue weighted by Gasteiger charge is -2.40. The van der Waals surface area contributed by atoms with Crippen molar-refractivity contribution in [2.24, 2.45) is 5.92 Å². The van der Waals surface area contributed by atoms with Gasteiger partial charge in [-0.15, -0.1) is 0 Å². The molecule has 0 bridgehead atoms. The van der Waals surface area contributed by atoms with Gasteiger partial charge in [0.05, 0.1) is 19.0 Å². The summed E-state index contributed by atoms with van der Waals surface area (Å²) in [6, 6.07) is 14.8. The van der Waals surface area contributed by atoms with Gasteiger partial charge in [0.15, 0.2) is 0 Å². The van der Waals surface area contributed by atoms with Gasteiger partial charge in [0.25, 0.3) is 0 Å². The van der Waals surface area contributed by atoms with Crippen LogP contribution in [0.2, 0.25) is 0 Å². The molecule has 1 N–H and O–H groups in total. The minimum absolute atomic E-state index is 0.0911. The first-order valence-electron chi connectivity index (χ1n) is 11.7. The minimum atomic E-state index is -3.27. The van der Waals surface area contributed by atoms with Gasteiger partial charge in [-0.1, -0.05) is 36.4 Å². The summed E-state index contributed by atoms with van der Waals surface area (Å²) in [4.78, 5) is 6.82. The molecule has 1 saturated heterocycles. The summed E-state index contributed by atoms with van der Waals surface area (Å²) in [5, 5.41) is 0. The van der Waals surface area contributed by atoms with Crippen LogP contribution in [-0.4, -0.2) is 51.5 Å². The summed E-state index contributed by atoms with van der Waals surface area (Å²) in [5.74, 6) is 1.66. The summed E-state index contributed by atoms with van der Waals surface area (Å²) in [6.45, 7) is 4.11. The van der Waals surface area contributed by atoms with E-state index in [2.05, 4.69) is 51.0 Å². The Kier molecular flexibility index (Phi) is 7.48. The van der Waals surface area contributed by atoms with Crippen LogP contribution in [0.4, 0.5) is 5.82 Å². The highest BCUT2D eigenvalue weighted by Crippen LogP contribution is 2.34. The summed E-state index contributed by atoms with van der Waals surface area (Å²) >= 11 is 0. The van der Waals surface area contributed by atoms with Crippen molar-refractivity contribution < 1.29 is 13.2 Å². The average molecular weight is 458 g/mol. The van der Waals surface area contributed by atoms with E-state index in [1.54, 1.807) is 0 Å². The van der Waals surface area contributed by atoms with E-state index in [0.717, 1.165) is 56.6 Å². The number of sulfonamides is 1. The third-order valence-electron chi connectivity index (χ3n) is 6.81. The highest BCUT2D eigenvalue weighted by molar-refractivity contribution is 7.88.